The number of pyridine rings is 1. The largest absolute Gasteiger partial charge is 0.419 e. The topological polar surface area (TPSA) is 116 Å². The number of hydrogen-bond acceptors (Lipinski definition) is 6. The standard InChI is InChI=1S/C23H27F3N8O2/c1-13(16-11-32(3)30-14(16)2)29-21(35)33-5-4-22(12-33)19-9-18(31-34(19)6-7-36-22)15-8-17(23(24,25)26)20(27)28-10-15/h8-11,13H,4-7,12H2,1-3H3,(H2,27,28)(H,29,35)/t13?,22-/m1/s1. The van der Waals surface area contributed by atoms with E-state index < -0.39 is 23.2 Å². The molecule has 3 aromatic heterocycles. The number of carbonyl (C=O) groups excluding carboxylic acids is 1. The Morgan fingerprint density at radius 1 is 1.28 bits per heavy atom. The number of anilines is 1. The summed E-state index contributed by atoms with van der Waals surface area (Å²) in [6, 6.07) is 2.23. The van der Waals surface area contributed by atoms with E-state index in [1.165, 1.54) is 6.20 Å². The zero-order valence-corrected chi connectivity index (χ0v) is 20.1. The number of amides is 2. The average Bonchev–Trinajstić information content (AvgIpc) is 3.51. The lowest BCUT2D eigenvalue weighted by Crippen LogP contribution is -2.44. The van der Waals surface area contributed by atoms with E-state index in [1.54, 1.807) is 20.3 Å². The molecule has 2 aliphatic rings. The first-order valence-corrected chi connectivity index (χ1v) is 11.6. The quantitative estimate of drug-likeness (QED) is 0.567. The Morgan fingerprint density at radius 3 is 2.75 bits per heavy atom. The molecule has 5 rings (SSSR count). The van der Waals surface area contributed by atoms with Crippen LogP contribution in [0.4, 0.5) is 23.8 Å². The van der Waals surface area contributed by atoms with Crippen LogP contribution in [0.3, 0.4) is 0 Å². The Bertz CT molecular complexity index is 1320. The molecule has 5 heterocycles. The van der Waals surface area contributed by atoms with Gasteiger partial charge in [-0.15, -0.1) is 0 Å². The van der Waals surface area contributed by atoms with Crippen LogP contribution in [-0.4, -0.2) is 55.2 Å². The molecule has 0 bridgehead atoms. The third-order valence-electron chi connectivity index (χ3n) is 6.82. The van der Waals surface area contributed by atoms with Gasteiger partial charge in [0, 0.05) is 43.5 Å². The van der Waals surface area contributed by atoms with E-state index in [4.69, 9.17) is 10.5 Å². The summed E-state index contributed by atoms with van der Waals surface area (Å²) in [5.41, 5.74) is 6.72. The first-order valence-electron chi connectivity index (χ1n) is 11.6. The lowest BCUT2D eigenvalue weighted by Gasteiger charge is -2.34. The highest BCUT2D eigenvalue weighted by Gasteiger charge is 2.47. The number of carbonyl (C=O) groups is 1. The predicted octanol–water partition coefficient (Wildman–Crippen LogP) is 2.99. The van der Waals surface area contributed by atoms with Gasteiger partial charge in [0.05, 0.1) is 48.4 Å². The zero-order chi connectivity index (χ0) is 25.8. The van der Waals surface area contributed by atoms with E-state index in [2.05, 4.69) is 20.5 Å². The first kappa shape index (κ1) is 24.1. The molecule has 0 aromatic carbocycles. The van der Waals surface area contributed by atoms with Crippen molar-refractivity contribution in [1.82, 2.24) is 34.8 Å². The van der Waals surface area contributed by atoms with Crippen LogP contribution in [0.25, 0.3) is 11.3 Å². The molecule has 13 heteroatoms. The molecular formula is C23H27F3N8O2. The number of urea groups is 1. The number of aromatic nitrogens is 5. The van der Waals surface area contributed by atoms with Crippen molar-refractivity contribution >= 4 is 11.8 Å². The molecule has 1 saturated heterocycles. The van der Waals surface area contributed by atoms with Crippen molar-refractivity contribution in [2.45, 2.75) is 44.6 Å². The monoisotopic (exact) mass is 504 g/mol. The van der Waals surface area contributed by atoms with Crippen LogP contribution in [0.2, 0.25) is 0 Å². The Hall–Kier alpha value is -3.61. The van der Waals surface area contributed by atoms with Gasteiger partial charge in [-0.25, -0.2) is 9.78 Å². The van der Waals surface area contributed by atoms with E-state index in [-0.39, 0.29) is 17.6 Å². The van der Waals surface area contributed by atoms with Crippen molar-refractivity contribution in [1.29, 1.82) is 0 Å². The van der Waals surface area contributed by atoms with Crippen LogP contribution in [0.15, 0.2) is 24.5 Å². The van der Waals surface area contributed by atoms with Gasteiger partial charge >= 0.3 is 12.2 Å². The Labute approximate surface area is 205 Å². The summed E-state index contributed by atoms with van der Waals surface area (Å²) in [6.07, 6.45) is -0.920. The van der Waals surface area contributed by atoms with Crippen LogP contribution in [-0.2, 0) is 30.1 Å². The molecule has 1 fully saturated rings. The molecule has 10 nitrogen and oxygen atoms in total. The summed E-state index contributed by atoms with van der Waals surface area (Å²) < 4.78 is 49.6. The lowest BCUT2D eigenvalue weighted by molar-refractivity contribution is -0.137. The first-order chi connectivity index (χ1) is 17.0. The summed E-state index contributed by atoms with van der Waals surface area (Å²) in [7, 11) is 1.83. The fourth-order valence-corrected chi connectivity index (χ4v) is 5.02. The number of halogens is 3. The highest BCUT2D eigenvalue weighted by molar-refractivity contribution is 5.75. The molecule has 3 aromatic rings. The van der Waals surface area contributed by atoms with Gasteiger partial charge < -0.3 is 20.7 Å². The Balaban J connectivity index is 1.37. The molecular weight excluding hydrogens is 477 g/mol. The van der Waals surface area contributed by atoms with Crippen molar-refractivity contribution in [3.8, 4) is 11.3 Å². The minimum absolute atomic E-state index is 0.210. The van der Waals surface area contributed by atoms with Gasteiger partial charge in [-0.2, -0.15) is 23.4 Å². The van der Waals surface area contributed by atoms with E-state index in [9.17, 15) is 18.0 Å². The SMILES string of the molecule is Cc1nn(C)cc1C(C)NC(=O)N1CC[C@]2(C1)OCCn1nc(-c3cnc(N)c(C(F)(F)F)c3)cc12. The van der Waals surface area contributed by atoms with Crippen LogP contribution in [0, 0.1) is 6.92 Å². The number of rotatable bonds is 3. The van der Waals surface area contributed by atoms with Crippen molar-refractivity contribution in [2.75, 3.05) is 25.4 Å². The Kier molecular flexibility index (Phi) is 5.69. The molecule has 36 heavy (non-hydrogen) atoms. The van der Waals surface area contributed by atoms with E-state index in [0.717, 1.165) is 23.0 Å². The molecule has 1 spiro atoms. The van der Waals surface area contributed by atoms with Crippen molar-refractivity contribution in [3.63, 3.8) is 0 Å². The van der Waals surface area contributed by atoms with Gasteiger partial charge in [-0.1, -0.05) is 0 Å². The van der Waals surface area contributed by atoms with Crippen LogP contribution in [0.5, 0.6) is 0 Å². The second-order valence-corrected chi connectivity index (χ2v) is 9.32. The van der Waals surface area contributed by atoms with Crippen molar-refractivity contribution in [2.24, 2.45) is 7.05 Å². The van der Waals surface area contributed by atoms with Gasteiger partial charge in [0.25, 0.3) is 0 Å². The maximum absolute atomic E-state index is 13.3. The van der Waals surface area contributed by atoms with Gasteiger partial charge in [-0.05, 0) is 26.0 Å². The molecule has 0 aliphatic carbocycles. The second-order valence-electron chi connectivity index (χ2n) is 9.32. The summed E-state index contributed by atoms with van der Waals surface area (Å²) >= 11 is 0. The molecule has 1 unspecified atom stereocenters. The highest BCUT2D eigenvalue weighted by atomic mass is 19.4. The molecule has 192 valence electrons. The zero-order valence-electron chi connectivity index (χ0n) is 20.1. The minimum Gasteiger partial charge on any atom is -0.383 e. The molecule has 2 aliphatic heterocycles. The lowest BCUT2D eigenvalue weighted by atomic mass is 9.96. The molecule has 3 N–H and O–H groups in total. The number of nitrogens with one attached hydrogen (secondary N) is 1. The number of hydrogen-bond donors (Lipinski definition) is 2. The molecule has 2 amide bonds. The van der Waals surface area contributed by atoms with Crippen LogP contribution in [0.1, 0.15) is 41.9 Å². The average molecular weight is 505 g/mol. The number of nitrogen functional groups attached to an aromatic ring is 1. The maximum atomic E-state index is 13.3. The van der Waals surface area contributed by atoms with Crippen LogP contribution >= 0.6 is 0 Å². The van der Waals surface area contributed by atoms with Gasteiger partial charge in [-0.3, -0.25) is 9.36 Å². The van der Waals surface area contributed by atoms with Crippen LogP contribution < -0.4 is 11.1 Å². The number of alkyl halides is 3. The van der Waals surface area contributed by atoms with Crippen molar-refractivity contribution in [3.05, 3.63) is 47.0 Å². The summed E-state index contributed by atoms with van der Waals surface area (Å²) in [4.78, 5) is 18.5. The summed E-state index contributed by atoms with van der Waals surface area (Å²) in [6.45, 7) is 5.40. The minimum atomic E-state index is -4.62. The number of ether oxygens (including phenoxy) is 1. The molecule has 0 radical (unpaired) electrons. The fourth-order valence-electron chi connectivity index (χ4n) is 5.02. The number of fused-ring (bicyclic) bond motifs is 2. The molecule has 2 atom stereocenters. The smallest absolute Gasteiger partial charge is 0.383 e. The van der Waals surface area contributed by atoms with E-state index in [1.807, 2.05) is 27.1 Å². The summed E-state index contributed by atoms with van der Waals surface area (Å²) in [5.74, 6) is -0.580. The number of likely N-dealkylation sites (tertiary alicyclic amines) is 1. The number of nitrogens with zero attached hydrogens (tertiary/aromatic N) is 6. The fraction of sp³-hybridized carbons (Fsp3) is 0.478. The van der Waals surface area contributed by atoms with Gasteiger partial charge in [0.15, 0.2) is 0 Å². The second kappa shape index (κ2) is 8.50. The number of nitrogens with two attached hydrogens (primary N) is 1. The Morgan fingerprint density at radius 2 is 2.06 bits per heavy atom. The molecule has 0 saturated carbocycles. The van der Waals surface area contributed by atoms with E-state index in [0.29, 0.717) is 38.4 Å². The predicted molar refractivity (Wildman–Crippen MR) is 124 cm³/mol. The van der Waals surface area contributed by atoms with Gasteiger partial charge in [0.2, 0.25) is 0 Å². The van der Waals surface area contributed by atoms with Gasteiger partial charge in [0.1, 0.15) is 11.4 Å². The summed E-state index contributed by atoms with van der Waals surface area (Å²) in [5, 5.41) is 11.9. The maximum Gasteiger partial charge on any atom is 0.419 e. The third-order valence-corrected chi connectivity index (χ3v) is 6.82. The highest BCUT2D eigenvalue weighted by Crippen LogP contribution is 2.41. The normalized spacial score (nSPS) is 20.6. The van der Waals surface area contributed by atoms with Crippen molar-refractivity contribution < 1.29 is 22.7 Å². The number of aryl methyl sites for hydroxylation is 2. The van der Waals surface area contributed by atoms with E-state index >= 15 is 0 Å². The third kappa shape index (κ3) is 4.16.